The minimum Gasteiger partial charge on any atom is -0.494 e. The van der Waals surface area contributed by atoms with Crippen molar-refractivity contribution in [2.24, 2.45) is 0 Å². The van der Waals surface area contributed by atoms with Crippen LogP contribution in [0.5, 0.6) is 5.75 Å². The van der Waals surface area contributed by atoms with Crippen LogP contribution in [0.3, 0.4) is 0 Å². The number of ether oxygens (including phenoxy) is 1. The van der Waals surface area contributed by atoms with E-state index < -0.39 is 12.0 Å². The molecule has 0 saturated carbocycles. The molecule has 0 aliphatic carbocycles. The molecule has 1 rings (SSSR count). The van der Waals surface area contributed by atoms with E-state index in [4.69, 9.17) is 9.84 Å². The molecule has 0 heterocycles. The van der Waals surface area contributed by atoms with Crippen molar-refractivity contribution in [3.8, 4) is 5.75 Å². The number of carboxylic acids is 1. The van der Waals surface area contributed by atoms with Crippen molar-refractivity contribution >= 4 is 11.7 Å². The minimum atomic E-state index is -0.875. The molecule has 4 nitrogen and oxygen atoms in total. The van der Waals surface area contributed by atoms with Crippen LogP contribution >= 0.6 is 0 Å². The summed E-state index contributed by atoms with van der Waals surface area (Å²) in [6.45, 7) is 4.30. The summed E-state index contributed by atoms with van der Waals surface area (Å²) >= 11 is 0. The van der Waals surface area contributed by atoms with Gasteiger partial charge in [-0.1, -0.05) is 13.0 Å². The molecular weight excluding hydrogens is 206 g/mol. The fraction of sp³-hybridized carbons (Fsp3) is 0.417. The van der Waals surface area contributed by atoms with Crippen molar-refractivity contribution in [1.29, 1.82) is 0 Å². The van der Waals surface area contributed by atoms with E-state index in [0.29, 0.717) is 6.61 Å². The highest BCUT2D eigenvalue weighted by atomic mass is 16.5. The highest BCUT2D eigenvalue weighted by Crippen LogP contribution is 2.18. The van der Waals surface area contributed by atoms with Gasteiger partial charge >= 0.3 is 5.97 Å². The number of carboxylic acid groups (broad SMARTS) is 1. The van der Waals surface area contributed by atoms with Crippen LogP contribution in [0.1, 0.15) is 20.3 Å². The van der Waals surface area contributed by atoms with Crippen LogP contribution in [0.2, 0.25) is 0 Å². The van der Waals surface area contributed by atoms with Crippen molar-refractivity contribution in [2.75, 3.05) is 11.9 Å². The number of hydrogen-bond acceptors (Lipinski definition) is 3. The first-order valence-electron chi connectivity index (χ1n) is 5.35. The number of anilines is 1. The smallest absolute Gasteiger partial charge is 0.325 e. The summed E-state index contributed by atoms with van der Waals surface area (Å²) in [5.41, 5.74) is 0.753. The standard InChI is InChI=1S/C12H17NO3/c1-3-7-16-11-6-4-5-10(8-11)13-9(2)12(14)15/h4-6,8-9,13H,3,7H2,1-2H3,(H,14,15). The van der Waals surface area contributed by atoms with Gasteiger partial charge in [-0.3, -0.25) is 4.79 Å². The number of carbonyl (C=O) groups is 1. The van der Waals surface area contributed by atoms with Gasteiger partial charge in [-0.25, -0.2) is 0 Å². The Bertz CT molecular complexity index is 352. The molecule has 16 heavy (non-hydrogen) atoms. The fourth-order valence-electron chi connectivity index (χ4n) is 1.21. The summed E-state index contributed by atoms with van der Waals surface area (Å²) in [5.74, 6) is -0.121. The van der Waals surface area contributed by atoms with Gasteiger partial charge in [-0.05, 0) is 25.5 Å². The molecule has 1 aromatic rings. The maximum absolute atomic E-state index is 10.7. The van der Waals surface area contributed by atoms with Crippen LogP contribution in [0, 0.1) is 0 Å². The van der Waals surface area contributed by atoms with Gasteiger partial charge in [0.05, 0.1) is 6.61 Å². The molecule has 1 unspecified atom stereocenters. The van der Waals surface area contributed by atoms with Crippen molar-refractivity contribution in [1.82, 2.24) is 0 Å². The van der Waals surface area contributed by atoms with E-state index in [1.54, 1.807) is 13.0 Å². The third-order valence-corrected chi connectivity index (χ3v) is 2.06. The molecule has 0 aliphatic rings. The second-order valence-electron chi connectivity index (χ2n) is 3.58. The van der Waals surface area contributed by atoms with Gasteiger partial charge < -0.3 is 15.2 Å². The fourth-order valence-corrected chi connectivity index (χ4v) is 1.21. The van der Waals surface area contributed by atoms with Crippen molar-refractivity contribution < 1.29 is 14.6 Å². The Morgan fingerprint density at radius 2 is 2.31 bits per heavy atom. The van der Waals surface area contributed by atoms with Gasteiger partial charge in [0.25, 0.3) is 0 Å². The maximum atomic E-state index is 10.7. The average molecular weight is 223 g/mol. The van der Waals surface area contributed by atoms with E-state index in [1.165, 1.54) is 0 Å². The Balaban J connectivity index is 2.63. The molecule has 1 atom stereocenters. The predicted octanol–water partition coefficient (Wildman–Crippen LogP) is 2.36. The van der Waals surface area contributed by atoms with Crippen LogP contribution < -0.4 is 10.1 Å². The first-order chi connectivity index (χ1) is 7.63. The highest BCUT2D eigenvalue weighted by molar-refractivity contribution is 5.76. The maximum Gasteiger partial charge on any atom is 0.325 e. The zero-order valence-corrected chi connectivity index (χ0v) is 9.56. The zero-order valence-electron chi connectivity index (χ0n) is 9.56. The van der Waals surface area contributed by atoms with Gasteiger partial charge in [0.1, 0.15) is 11.8 Å². The number of aliphatic carboxylic acids is 1. The van der Waals surface area contributed by atoms with E-state index in [9.17, 15) is 4.79 Å². The Hall–Kier alpha value is -1.71. The molecule has 0 aliphatic heterocycles. The molecule has 88 valence electrons. The summed E-state index contributed by atoms with van der Waals surface area (Å²) in [6.07, 6.45) is 0.948. The van der Waals surface area contributed by atoms with Gasteiger partial charge in [-0.2, -0.15) is 0 Å². The van der Waals surface area contributed by atoms with Crippen molar-refractivity contribution in [2.45, 2.75) is 26.3 Å². The molecule has 1 aromatic carbocycles. The lowest BCUT2D eigenvalue weighted by molar-refractivity contribution is -0.137. The molecule has 4 heteroatoms. The lowest BCUT2D eigenvalue weighted by atomic mass is 10.2. The Morgan fingerprint density at radius 1 is 1.56 bits per heavy atom. The Labute approximate surface area is 95.2 Å². The molecule has 0 amide bonds. The number of benzene rings is 1. The number of nitrogens with one attached hydrogen (secondary N) is 1. The lowest BCUT2D eigenvalue weighted by Crippen LogP contribution is -2.25. The Morgan fingerprint density at radius 3 is 2.94 bits per heavy atom. The van der Waals surface area contributed by atoms with E-state index in [1.807, 2.05) is 25.1 Å². The van der Waals surface area contributed by atoms with Crippen LogP contribution in [-0.4, -0.2) is 23.7 Å². The molecule has 0 spiro atoms. The highest BCUT2D eigenvalue weighted by Gasteiger charge is 2.09. The van der Waals surface area contributed by atoms with Gasteiger partial charge in [0, 0.05) is 11.8 Å². The van der Waals surface area contributed by atoms with Gasteiger partial charge in [0.15, 0.2) is 0 Å². The van der Waals surface area contributed by atoms with E-state index >= 15 is 0 Å². The van der Waals surface area contributed by atoms with E-state index in [-0.39, 0.29) is 0 Å². The molecule has 0 bridgehead atoms. The lowest BCUT2D eigenvalue weighted by Gasteiger charge is -2.12. The molecule has 0 fully saturated rings. The second kappa shape index (κ2) is 6.00. The summed E-state index contributed by atoms with van der Waals surface area (Å²) in [5, 5.41) is 11.6. The molecule has 0 aromatic heterocycles. The number of rotatable bonds is 6. The van der Waals surface area contributed by atoms with Crippen LogP contribution in [0.25, 0.3) is 0 Å². The summed E-state index contributed by atoms with van der Waals surface area (Å²) in [6, 6.07) is 6.70. The molecule has 0 saturated heterocycles. The van der Waals surface area contributed by atoms with E-state index in [0.717, 1.165) is 17.9 Å². The van der Waals surface area contributed by atoms with Crippen LogP contribution in [0.4, 0.5) is 5.69 Å². The Kier molecular flexibility index (Phi) is 4.64. The third-order valence-electron chi connectivity index (χ3n) is 2.06. The monoisotopic (exact) mass is 223 g/mol. The SMILES string of the molecule is CCCOc1cccc(NC(C)C(=O)O)c1. The zero-order chi connectivity index (χ0) is 12.0. The summed E-state index contributed by atoms with van der Waals surface area (Å²) in [7, 11) is 0. The quantitative estimate of drug-likeness (QED) is 0.777. The van der Waals surface area contributed by atoms with Gasteiger partial charge in [-0.15, -0.1) is 0 Å². The largest absolute Gasteiger partial charge is 0.494 e. The minimum absolute atomic E-state index is 0.610. The molecular formula is C12H17NO3. The second-order valence-corrected chi connectivity index (χ2v) is 3.58. The van der Waals surface area contributed by atoms with Crippen molar-refractivity contribution in [3.05, 3.63) is 24.3 Å². The first-order valence-corrected chi connectivity index (χ1v) is 5.35. The summed E-state index contributed by atoms with van der Waals surface area (Å²) in [4.78, 5) is 10.7. The predicted molar refractivity (Wildman–Crippen MR) is 62.9 cm³/mol. The molecule has 0 radical (unpaired) electrons. The van der Waals surface area contributed by atoms with E-state index in [2.05, 4.69) is 5.32 Å². The normalized spacial score (nSPS) is 11.9. The van der Waals surface area contributed by atoms with Gasteiger partial charge in [0.2, 0.25) is 0 Å². The average Bonchev–Trinajstić information content (AvgIpc) is 2.26. The third kappa shape index (κ3) is 3.81. The number of hydrogen-bond donors (Lipinski definition) is 2. The van der Waals surface area contributed by atoms with Crippen molar-refractivity contribution in [3.63, 3.8) is 0 Å². The molecule has 2 N–H and O–H groups in total. The topological polar surface area (TPSA) is 58.6 Å². The van der Waals surface area contributed by atoms with Crippen LogP contribution in [0.15, 0.2) is 24.3 Å². The summed E-state index contributed by atoms with van der Waals surface area (Å²) < 4.78 is 5.45. The van der Waals surface area contributed by atoms with Crippen LogP contribution in [-0.2, 0) is 4.79 Å². The first kappa shape index (κ1) is 12.4.